The van der Waals surface area contributed by atoms with E-state index < -0.39 is 0 Å². The Bertz CT molecular complexity index is 2410. The van der Waals surface area contributed by atoms with Crippen LogP contribution in [-0.4, -0.2) is 14.1 Å². The number of hydrogen-bond donors (Lipinski definition) is 0. The second kappa shape index (κ2) is 9.82. The summed E-state index contributed by atoms with van der Waals surface area (Å²) in [6, 6.07) is 56.5. The minimum Gasteiger partial charge on any atom is -0.306 e. The number of aromatic nitrogens is 3. The first kappa shape index (κ1) is 24.6. The van der Waals surface area contributed by atoms with E-state index in [1.54, 1.807) is 0 Å². The van der Waals surface area contributed by atoms with Gasteiger partial charge in [0, 0.05) is 28.3 Å². The van der Waals surface area contributed by atoms with Crippen molar-refractivity contribution >= 4 is 65.3 Å². The zero-order valence-electron chi connectivity index (χ0n) is 23.9. The average Bonchev–Trinajstić information content (AvgIpc) is 3.10. The molecule has 0 aliphatic rings. The van der Waals surface area contributed by atoms with Crippen LogP contribution in [0.25, 0.3) is 76.7 Å². The largest absolute Gasteiger partial charge is 0.306 e. The third kappa shape index (κ3) is 3.66. The Hall–Kier alpha value is -5.93. The average molecular weight is 562 g/mol. The Morgan fingerprint density at radius 3 is 1.27 bits per heavy atom. The predicted molar refractivity (Wildman–Crippen MR) is 186 cm³/mol. The number of para-hydroxylation sites is 4. The Balaban J connectivity index is 1.64. The van der Waals surface area contributed by atoms with Crippen LogP contribution in [0.2, 0.25) is 0 Å². The lowest BCUT2D eigenvalue weighted by molar-refractivity contribution is 1.09. The molecule has 0 aliphatic heterocycles. The smallest absolute Gasteiger partial charge is 0.0787 e. The minimum atomic E-state index is 0.991. The van der Waals surface area contributed by atoms with E-state index in [0.717, 1.165) is 49.7 Å². The molecule has 0 aliphatic carbocycles. The molecule has 206 valence electrons. The van der Waals surface area contributed by atoms with Gasteiger partial charge in [0.25, 0.3) is 0 Å². The number of pyridine rings is 1. The lowest BCUT2D eigenvalue weighted by Crippen LogP contribution is -2.08. The van der Waals surface area contributed by atoms with Crippen molar-refractivity contribution in [2.45, 2.75) is 0 Å². The maximum absolute atomic E-state index is 5.07. The van der Waals surface area contributed by atoms with Gasteiger partial charge in [-0.05, 0) is 81.5 Å². The summed E-state index contributed by atoms with van der Waals surface area (Å²) in [5.41, 5.74) is 7.74. The van der Waals surface area contributed by atoms with E-state index in [9.17, 15) is 0 Å². The Kier molecular flexibility index (Phi) is 5.50. The zero-order valence-corrected chi connectivity index (χ0v) is 23.9. The van der Waals surface area contributed by atoms with E-state index in [2.05, 4.69) is 161 Å². The molecule has 3 heteroatoms. The van der Waals surface area contributed by atoms with Crippen molar-refractivity contribution in [3.8, 4) is 11.4 Å². The highest BCUT2D eigenvalue weighted by Gasteiger charge is 2.17. The maximum Gasteiger partial charge on any atom is 0.0787 e. The normalized spacial score (nSPS) is 11.6. The summed E-state index contributed by atoms with van der Waals surface area (Å²) in [5, 5.41) is 8.27. The van der Waals surface area contributed by atoms with E-state index in [1.165, 1.54) is 26.9 Å². The van der Waals surface area contributed by atoms with Crippen LogP contribution in [0, 0.1) is 0 Å². The second-order valence-electron chi connectivity index (χ2n) is 11.2. The van der Waals surface area contributed by atoms with Crippen LogP contribution < -0.4 is 0 Å². The molecule has 3 nitrogen and oxygen atoms in total. The molecule has 0 N–H and O–H groups in total. The van der Waals surface area contributed by atoms with Gasteiger partial charge in [-0.1, -0.05) is 103 Å². The molecule has 0 saturated heterocycles. The van der Waals surface area contributed by atoms with Crippen LogP contribution in [0.1, 0.15) is 0 Å². The highest BCUT2D eigenvalue weighted by atomic mass is 15.1. The zero-order chi connectivity index (χ0) is 29.0. The number of nitrogens with zero attached hydrogens (tertiary/aromatic N) is 3. The number of hydrogen-bond acceptors (Lipinski definition) is 1. The molecule has 0 spiro atoms. The van der Waals surface area contributed by atoms with Crippen molar-refractivity contribution in [2.24, 2.45) is 0 Å². The van der Waals surface area contributed by atoms with Crippen molar-refractivity contribution in [1.82, 2.24) is 14.1 Å². The Labute approximate surface area is 254 Å². The van der Waals surface area contributed by atoms with E-state index in [1.807, 2.05) is 12.3 Å². The molecule has 0 saturated carbocycles. The van der Waals surface area contributed by atoms with Gasteiger partial charge in [-0.25, -0.2) is 0 Å². The topological polar surface area (TPSA) is 22.8 Å². The van der Waals surface area contributed by atoms with Crippen LogP contribution in [0.4, 0.5) is 0 Å². The molecular formula is C41H27N3. The summed E-state index contributed by atoms with van der Waals surface area (Å²) >= 11 is 0. The lowest BCUT2D eigenvalue weighted by Gasteiger charge is -2.23. The van der Waals surface area contributed by atoms with Gasteiger partial charge in [-0.3, -0.25) is 4.98 Å². The molecule has 0 atom stereocenters. The highest BCUT2D eigenvalue weighted by Crippen LogP contribution is 2.38. The molecule has 9 aromatic rings. The van der Waals surface area contributed by atoms with Crippen molar-refractivity contribution in [3.05, 3.63) is 164 Å². The summed E-state index contributed by atoms with van der Waals surface area (Å²) in [6.45, 7) is 0. The molecule has 0 amide bonds. The van der Waals surface area contributed by atoms with Gasteiger partial charge in [0.2, 0.25) is 0 Å². The van der Waals surface area contributed by atoms with Gasteiger partial charge in [-0.15, -0.1) is 0 Å². The van der Waals surface area contributed by atoms with Gasteiger partial charge in [0.05, 0.1) is 27.6 Å². The maximum atomic E-state index is 5.07. The van der Waals surface area contributed by atoms with E-state index >= 15 is 0 Å². The molecule has 0 bridgehead atoms. The molecular weight excluding hydrogens is 534 g/mol. The van der Waals surface area contributed by atoms with Crippen LogP contribution >= 0.6 is 0 Å². The molecule has 0 fully saturated rings. The molecule has 9 rings (SSSR count). The summed E-state index contributed by atoms with van der Waals surface area (Å²) in [6.07, 6.45) is 1.92. The molecule has 7 aromatic carbocycles. The van der Waals surface area contributed by atoms with Gasteiger partial charge in [0.15, 0.2) is 0 Å². The van der Waals surface area contributed by atoms with Crippen LogP contribution in [0.15, 0.2) is 164 Å². The van der Waals surface area contributed by atoms with Crippen molar-refractivity contribution in [2.75, 3.05) is 0 Å². The predicted octanol–water partition coefficient (Wildman–Crippen LogP) is 10.7. The Morgan fingerprint density at radius 1 is 0.318 bits per heavy atom. The highest BCUT2D eigenvalue weighted by molar-refractivity contribution is 6.26. The lowest BCUT2D eigenvalue weighted by atomic mass is 9.96. The molecule has 2 heterocycles. The first-order valence-corrected chi connectivity index (χ1v) is 15.0. The summed E-state index contributed by atoms with van der Waals surface area (Å²) in [7, 11) is 0. The summed E-state index contributed by atoms with van der Waals surface area (Å²) in [5.74, 6) is 0. The monoisotopic (exact) mass is 561 g/mol. The fraction of sp³-hybridized carbons (Fsp3) is 0. The van der Waals surface area contributed by atoms with E-state index in [4.69, 9.17) is 4.98 Å². The molecule has 2 aromatic heterocycles. The van der Waals surface area contributed by atoms with Crippen molar-refractivity contribution in [1.29, 1.82) is 0 Å². The second-order valence-corrected chi connectivity index (χ2v) is 11.2. The van der Waals surface area contributed by atoms with Gasteiger partial charge in [-0.2, -0.15) is 0 Å². The van der Waals surface area contributed by atoms with E-state index in [-0.39, 0.29) is 0 Å². The fourth-order valence-electron chi connectivity index (χ4n) is 6.91. The number of rotatable bonds is 2. The van der Waals surface area contributed by atoms with Crippen LogP contribution in [0.5, 0.6) is 0 Å². The third-order valence-corrected chi connectivity index (χ3v) is 8.78. The van der Waals surface area contributed by atoms with E-state index in [0.29, 0.717) is 0 Å². The molecule has 0 radical (unpaired) electrons. The summed E-state index contributed by atoms with van der Waals surface area (Å²) in [4.78, 5) is 5.07. The summed E-state index contributed by atoms with van der Waals surface area (Å²) < 4.78 is 4.80. The first-order chi connectivity index (χ1) is 21.9. The molecule has 0 unspecified atom stereocenters. The fourth-order valence-corrected chi connectivity index (χ4v) is 6.91. The molecule has 44 heavy (non-hydrogen) atoms. The quantitative estimate of drug-likeness (QED) is 0.193. The van der Waals surface area contributed by atoms with Crippen molar-refractivity contribution in [3.63, 3.8) is 0 Å². The van der Waals surface area contributed by atoms with Gasteiger partial charge < -0.3 is 9.13 Å². The SMILES string of the molecule is c1ccc(-n2c3ccccc3n(-c3ccccc3)c3cc4c(cc32)c2ccccc2c2ccccc2c2cccnc24)cc1. The van der Waals surface area contributed by atoms with Crippen LogP contribution in [0.3, 0.4) is 0 Å². The minimum absolute atomic E-state index is 0.991. The number of fused-ring (bicyclic) bond motifs is 10. The third-order valence-electron chi connectivity index (χ3n) is 8.78. The first-order valence-electron chi connectivity index (χ1n) is 15.0. The van der Waals surface area contributed by atoms with Gasteiger partial charge >= 0.3 is 0 Å². The van der Waals surface area contributed by atoms with Crippen LogP contribution in [-0.2, 0) is 0 Å². The Morgan fingerprint density at radius 2 is 0.727 bits per heavy atom. The van der Waals surface area contributed by atoms with Gasteiger partial charge in [0.1, 0.15) is 0 Å². The standard InChI is InChI=1S/C41H27N3/c1-3-14-28(15-4-1)43-37-23-11-12-24-38(37)44(29-16-5-2-6-17-29)40-27-36-35(26-39(40)43)33-21-10-8-19-31(33)30-18-7-9-20-32(30)34-22-13-25-42-41(34)36/h1-27H. The number of benzene rings is 6. The van der Waals surface area contributed by atoms with Crippen molar-refractivity contribution < 1.29 is 0 Å².